The van der Waals surface area contributed by atoms with Gasteiger partial charge in [-0.05, 0) is 22.4 Å². The third kappa shape index (κ3) is 3.16. The second-order valence-corrected chi connectivity index (χ2v) is 5.74. The van der Waals surface area contributed by atoms with Gasteiger partial charge in [0.05, 0.1) is 22.4 Å². The molecule has 7 heteroatoms. The molecule has 2 amide bonds. The highest BCUT2D eigenvalue weighted by molar-refractivity contribution is 8.03. The quantitative estimate of drug-likeness (QED) is 0.874. The van der Waals surface area contributed by atoms with Crippen LogP contribution >= 0.6 is 23.1 Å². The molecular formula is C12H11N3O2S2. The highest BCUT2D eigenvalue weighted by Gasteiger charge is 2.29. The van der Waals surface area contributed by atoms with Gasteiger partial charge >= 0.3 is 0 Å². The second kappa shape index (κ2) is 5.91. The second-order valence-electron chi connectivity index (χ2n) is 3.97. The number of nitrogens with zero attached hydrogens (tertiary/aromatic N) is 1. The first kappa shape index (κ1) is 13.6. The molecule has 2 heterocycles. The summed E-state index contributed by atoms with van der Waals surface area (Å²) in [5.74, 6) is -0.832. The maximum Gasteiger partial charge on any atom is 0.227 e. The first-order chi connectivity index (χ1) is 9.11. The number of nitrogens with two attached hydrogens (primary N) is 1. The molecule has 0 fully saturated rings. The Morgan fingerprint density at radius 2 is 2.47 bits per heavy atom. The van der Waals surface area contributed by atoms with E-state index < -0.39 is 5.91 Å². The van der Waals surface area contributed by atoms with Crippen LogP contribution in [0.4, 0.5) is 0 Å². The van der Waals surface area contributed by atoms with E-state index in [0.717, 1.165) is 17.3 Å². The average Bonchev–Trinajstić information content (AvgIpc) is 2.89. The molecule has 19 heavy (non-hydrogen) atoms. The van der Waals surface area contributed by atoms with Crippen LogP contribution in [0.3, 0.4) is 0 Å². The number of hydrogen-bond donors (Lipinski definition) is 2. The van der Waals surface area contributed by atoms with Crippen LogP contribution in [-0.2, 0) is 9.59 Å². The summed E-state index contributed by atoms with van der Waals surface area (Å²) in [4.78, 5) is 22.5. The molecule has 0 saturated heterocycles. The van der Waals surface area contributed by atoms with Gasteiger partial charge in [-0.15, -0.1) is 0 Å². The minimum absolute atomic E-state index is 0.0388. The number of nitriles is 1. The van der Waals surface area contributed by atoms with Gasteiger partial charge in [-0.2, -0.15) is 16.6 Å². The Kier molecular flexibility index (Phi) is 4.24. The maximum atomic E-state index is 11.7. The minimum Gasteiger partial charge on any atom is -0.369 e. The average molecular weight is 293 g/mol. The minimum atomic E-state index is -0.485. The van der Waals surface area contributed by atoms with Crippen molar-refractivity contribution >= 4 is 34.9 Å². The molecule has 1 aliphatic heterocycles. The molecule has 3 N–H and O–H groups in total. The van der Waals surface area contributed by atoms with Crippen molar-refractivity contribution in [3.8, 4) is 6.07 Å². The van der Waals surface area contributed by atoms with Crippen LogP contribution in [0, 0.1) is 11.3 Å². The van der Waals surface area contributed by atoms with Gasteiger partial charge in [-0.1, -0.05) is 11.8 Å². The lowest BCUT2D eigenvalue weighted by molar-refractivity contribution is -0.121. The fraction of sp³-hybridized carbons (Fsp3) is 0.250. The zero-order valence-corrected chi connectivity index (χ0v) is 11.5. The fourth-order valence-corrected chi connectivity index (χ4v) is 3.36. The molecule has 1 aromatic heterocycles. The molecule has 0 aliphatic carbocycles. The molecule has 0 spiro atoms. The Balaban J connectivity index is 2.33. The number of nitrogens with one attached hydrogen (secondary N) is 1. The first-order valence-electron chi connectivity index (χ1n) is 5.49. The first-order valence-corrected chi connectivity index (χ1v) is 7.42. The van der Waals surface area contributed by atoms with E-state index in [2.05, 4.69) is 11.4 Å². The molecule has 1 aliphatic rings. The van der Waals surface area contributed by atoms with Gasteiger partial charge in [-0.25, -0.2) is 0 Å². The van der Waals surface area contributed by atoms with Gasteiger partial charge in [0.2, 0.25) is 11.8 Å². The van der Waals surface area contributed by atoms with Crippen LogP contribution in [0.5, 0.6) is 0 Å². The maximum absolute atomic E-state index is 11.7. The number of rotatable bonds is 4. The van der Waals surface area contributed by atoms with E-state index in [4.69, 9.17) is 5.73 Å². The van der Waals surface area contributed by atoms with Crippen LogP contribution in [-0.4, -0.2) is 17.6 Å². The molecule has 0 saturated carbocycles. The SMILES string of the molecule is N#CC1=C(SCC(N)=O)NC(=O)C[C@H]1c1ccsc1. The Morgan fingerprint density at radius 3 is 3.05 bits per heavy atom. The predicted octanol–water partition coefficient (Wildman–Crippen LogP) is 1.31. The predicted molar refractivity (Wildman–Crippen MR) is 74.1 cm³/mol. The number of thiophene rings is 1. The van der Waals surface area contributed by atoms with Crippen molar-refractivity contribution < 1.29 is 9.59 Å². The monoisotopic (exact) mass is 293 g/mol. The lowest BCUT2D eigenvalue weighted by Gasteiger charge is -2.23. The van der Waals surface area contributed by atoms with E-state index in [1.807, 2.05) is 16.8 Å². The molecule has 1 atom stereocenters. The van der Waals surface area contributed by atoms with Gasteiger partial charge in [0.1, 0.15) is 0 Å². The summed E-state index contributed by atoms with van der Waals surface area (Å²) in [7, 11) is 0. The summed E-state index contributed by atoms with van der Waals surface area (Å²) in [6, 6.07) is 4.04. The van der Waals surface area contributed by atoms with Crippen LogP contribution in [0.15, 0.2) is 27.4 Å². The third-order valence-electron chi connectivity index (χ3n) is 2.66. The topological polar surface area (TPSA) is 96.0 Å². The highest BCUT2D eigenvalue weighted by atomic mass is 32.2. The van der Waals surface area contributed by atoms with Gasteiger partial charge in [0.15, 0.2) is 0 Å². The summed E-state index contributed by atoms with van der Waals surface area (Å²) in [6.45, 7) is 0. The van der Waals surface area contributed by atoms with Crippen LogP contribution < -0.4 is 11.1 Å². The van der Waals surface area contributed by atoms with Crippen molar-refractivity contribution in [1.29, 1.82) is 5.26 Å². The van der Waals surface area contributed by atoms with Gasteiger partial charge in [0, 0.05) is 12.3 Å². The number of carbonyl (C=O) groups excluding carboxylic acids is 2. The molecule has 0 aromatic carbocycles. The van der Waals surface area contributed by atoms with Gasteiger partial charge in [0.25, 0.3) is 0 Å². The van der Waals surface area contributed by atoms with Crippen molar-refractivity contribution in [2.24, 2.45) is 5.73 Å². The van der Waals surface area contributed by atoms with Crippen molar-refractivity contribution in [3.05, 3.63) is 33.0 Å². The Hall–Kier alpha value is -1.78. The standard InChI is InChI=1S/C12H11N3O2S2/c13-4-9-8(7-1-2-18-5-7)3-11(17)15-12(9)19-6-10(14)16/h1-2,5,8H,3,6H2,(H2,14,16)(H,15,17)/t8-/m0/s1. The molecule has 0 bridgehead atoms. The van der Waals surface area contributed by atoms with Crippen LogP contribution in [0.2, 0.25) is 0 Å². The normalized spacial score (nSPS) is 18.9. The molecular weight excluding hydrogens is 282 g/mol. The summed E-state index contributed by atoms with van der Waals surface area (Å²) >= 11 is 2.62. The van der Waals surface area contributed by atoms with Crippen molar-refractivity contribution in [2.45, 2.75) is 12.3 Å². The van der Waals surface area contributed by atoms with E-state index in [1.54, 1.807) is 0 Å². The van der Waals surface area contributed by atoms with E-state index in [-0.39, 0.29) is 24.0 Å². The Labute approximate surface area is 118 Å². The summed E-state index contributed by atoms with van der Waals surface area (Å²) < 4.78 is 0. The zero-order chi connectivity index (χ0) is 13.8. The molecule has 2 rings (SSSR count). The van der Waals surface area contributed by atoms with E-state index in [9.17, 15) is 14.9 Å². The molecule has 0 radical (unpaired) electrons. The molecule has 1 aromatic rings. The Morgan fingerprint density at radius 1 is 1.68 bits per heavy atom. The van der Waals surface area contributed by atoms with E-state index in [0.29, 0.717) is 10.6 Å². The Bertz CT molecular complexity index is 572. The van der Waals surface area contributed by atoms with Crippen molar-refractivity contribution in [3.63, 3.8) is 0 Å². The number of hydrogen-bond acceptors (Lipinski definition) is 5. The van der Waals surface area contributed by atoms with Crippen molar-refractivity contribution in [1.82, 2.24) is 5.32 Å². The number of primary amides is 1. The summed E-state index contributed by atoms with van der Waals surface area (Å²) in [5, 5.41) is 16.2. The number of thioether (sulfide) groups is 1. The summed E-state index contributed by atoms with van der Waals surface area (Å²) in [5.41, 5.74) is 6.53. The molecule has 5 nitrogen and oxygen atoms in total. The van der Waals surface area contributed by atoms with Crippen LogP contribution in [0.1, 0.15) is 17.9 Å². The third-order valence-corrected chi connectivity index (χ3v) is 4.40. The number of amides is 2. The van der Waals surface area contributed by atoms with Crippen molar-refractivity contribution in [2.75, 3.05) is 5.75 Å². The summed E-state index contributed by atoms with van der Waals surface area (Å²) in [6.07, 6.45) is 0.250. The molecule has 0 unspecified atom stereocenters. The van der Waals surface area contributed by atoms with Gasteiger partial charge in [-0.3, -0.25) is 9.59 Å². The van der Waals surface area contributed by atoms with Gasteiger partial charge < -0.3 is 11.1 Å². The number of carbonyl (C=O) groups is 2. The lowest BCUT2D eigenvalue weighted by Crippen LogP contribution is -2.31. The van der Waals surface area contributed by atoms with E-state index in [1.165, 1.54) is 11.3 Å². The van der Waals surface area contributed by atoms with E-state index >= 15 is 0 Å². The number of allylic oxidation sites excluding steroid dienone is 1. The highest BCUT2D eigenvalue weighted by Crippen LogP contribution is 2.36. The zero-order valence-electron chi connectivity index (χ0n) is 9.88. The lowest BCUT2D eigenvalue weighted by atomic mass is 9.89. The fourth-order valence-electron chi connectivity index (χ4n) is 1.83. The van der Waals surface area contributed by atoms with Crippen LogP contribution in [0.25, 0.3) is 0 Å². The smallest absolute Gasteiger partial charge is 0.227 e. The molecule has 98 valence electrons. The largest absolute Gasteiger partial charge is 0.369 e.